The molecule has 1 aromatic carbocycles. The van der Waals surface area contributed by atoms with Gasteiger partial charge in [0.25, 0.3) is 0 Å². The number of nitrogens with zero attached hydrogens (tertiary/aromatic N) is 2. The average molecular weight is 261 g/mol. The van der Waals surface area contributed by atoms with Gasteiger partial charge in [-0.2, -0.15) is 0 Å². The Bertz CT molecular complexity index is 385. The average Bonchev–Trinajstić information content (AvgIpc) is 2.91. The van der Waals surface area contributed by atoms with E-state index in [-0.39, 0.29) is 0 Å². The smallest absolute Gasteiger partial charge is 0.0317 e. The van der Waals surface area contributed by atoms with Crippen molar-refractivity contribution >= 4 is 5.69 Å². The number of nitrogen functional groups attached to an aromatic ring is 1. The fourth-order valence-corrected chi connectivity index (χ4v) is 2.82. The molecule has 1 aliphatic heterocycles. The lowest BCUT2D eigenvalue weighted by Gasteiger charge is -2.26. The summed E-state index contributed by atoms with van der Waals surface area (Å²) in [5.41, 5.74) is 8.02. The normalized spacial score (nSPS) is 18.1. The first-order chi connectivity index (χ1) is 9.16. The highest BCUT2D eigenvalue weighted by molar-refractivity contribution is 5.41. The Morgan fingerprint density at radius 1 is 1.32 bits per heavy atom. The first kappa shape index (κ1) is 14.4. The number of benzene rings is 1. The number of hydrogen-bond donors (Lipinski definition) is 1. The van der Waals surface area contributed by atoms with Gasteiger partial charge < -0.3 is 10.6 Å². The summed E-state index contributed by atoms with van der Waals surface area (Å²) in [6.07, 6.45) is 4.02. The van der Waals surface area contributed by atoms with Gasteiger partial charge in [0.2, 0.25) is 0 Å². The number of nitrogens with two attached hydrogens (primary N) is 1. The van der Waals surface area contributed by atoms with Crippen molar-refractivity contribution in [3.8, 4) is 0 Å². The lowest BCUT2D eigenvalue weighted by atomic mass is 10.1. The Morgan fingerprint density at radius 2 is 2.05 bits per heavy atom. The van der Waals surface area contributed by atoms with Gasteiger partial charge in [-0.3, -0.25) is 4.90 Å². The zero-order valence-electron chi connectivity index (χ0n) is 12.3. The number of rotatable bonds is 6. The minimum absolute atomic E-state index is 0.432. The molecule has 1 aromatic rings. The van der Waals surface area contributed by atoms with Gasteiger partial charge >= 0.3 is 0 Å². The molecule has 0 aliphatic carbocycles. The van der Waals surface area contributed by atoms with Crippen LogP contribution >= 0.6 is 0 Å². The predicted molar refractivity (Wildman–Crippen MR) is 82.2 cm³/mol. The van der Waals surface area contributed by atoms with Crippen molar-refractivity contribution in [1.29, 1.82) is 0 Å². The molecule has 19 heavy (non-hydrogen) atoms. The first-order valence-corrected chi connectivity index (χ1v) is 7.45. The van der Waals surface area contributed by atoms with Crippen LogP contribution in [-0.4, -0.2) is 43.0 Å². The molecule has 0 saturated carbocycles. The molecular formula is C16H27N3. The van der Waals surface area contributed by atoms with Gasteiger partial charge in [-0.05, 0) is 77.1 Å². The second kappa shape index (κ2) is 6.92. The lowest BCUT2D eigenvalue weighted by Crippen LogP contribution is -2.28. The lowest BCUT2D eigenvalue weighted by molar-refractivity contribution is 0.236. The minimum Gasteiger partial charge on any atom is -0.399 e. The molecule has 0 spiro atoms. The van der Waals surface area contributed by atoms with Crippen molar-refractivity contribution in [2.24, 2.45) is 0 Å². The number of likely N-dealkylation sites (tertiary alicyclic amines) is 1. The van der Waals surface area contributed by atoms with Crippen LogP contribution in [0, 0.1) is 0 Å². The van der Waals surface area contributed by atoms with Crippen molar-refractivity contribution in [3.05, 3.63) is 29.8 Å². The highest BCUT2D eigenvalue weighted by atomic mass is 15.2. The van der Waals surface area contributed by atoms with E-state index in [9.17, 15) is 0 Å². The molecule has 1 unspecified atom stereocenters. The van der Waals surface area contributed by atoms with Gasteiger partial charge in [0, 0.05) is 11.7 Å². The monoisotopic (exact) mass is 261 g/mol. The van der Waals surface area contributed by atoms with E-state index in [0.29, 0.717) is 6.04 Å². The molecular weight excluding hydrogens is 234 g/mol. The van der Waals surface area contributed by atoms with Crippen molar-refractivity contribution in [2.45, 2.75) is 32.2 Å². The van der Waals surface area contributed by atoms with Crippen LogP contribution in [0.15, 0.2) is 24.3 Å². The Kier molecular flexibility index (Phi) is 5.23. The first-order valence-electron chi connectivity index (χ1n) is 7.45. The van der Waals surface area contributed by atoms with Gasteiger partial charge in [0.1, 0.15) is 0 Å². The molecule has 2 N–H and O–H groups in total. The summed E-state index contributed by atoms with van der Waals surface area (Å²) in [7, 11) is 2.21. The van der Waals surface area contributed by atoms with Crippen LogP contribution in [0.25, 0.3) is 0 Å². The van der Waals surface area contributed by atoms with Gasteiger partial charge in [0.05, 0.1) is 0 Å². The maximum atomic E-state index is 5.85. The van der Waals surface area contributed by atoms with Crippen LogP contribution in [0.2, 0.25) is 0 Å². The van der Waals surface area contributed by atoms with Crippen molar-refractivity contribution in [3.63, 3.8) is 0 Å². The van der Waals surface area contributed by atoms with E-state index in [2.05, 4.69) is 35.9 Å². The molecule has 0 amide bonds. The number of hydrogen-bond acceptors (Lipinski definition) is 3. The fourth-order valence-electron chi connectivity index (χ4n) is 2.82. The van der Waals surface area contributed by atoms with Crippen LogP contribution < -0.4 is 5.73 Å². The Balaban J connectivity index is 1.76. The zero-order chi connectivity index (χ0) is 13.7. The molecule has 0 aromatic heterocycles. The molecule has 1 heterocycles. The number of anilines is 1. The van der Waals surface area contributed by atoms with E-state index in [4.69, 9.17) is 5.73 Å². The van der Waals surface area contributed by atoms with Gasteiger partial charge in [-0.1, -0.05) is 12.1 Å². The van der Waals surface area contributed by atoms with Crippen LogP contribution in [0.5, 0.6) is 0 Å². The Hall–Kier alpha value is -1.06. The van der Waals surface area contributed by atoms with Gasteiger partial charge in [-0.25, -0.2) is 0 Å². The van der Waals surface area contributed by atoms with Crippen LogP contribution in [0.1, 0.15) is 37.8 Å². The molecule has 1 fully saturated rings. The standard InChI is InChI=1S/C16H27N3/c1-14(15-7-5-8-16(17)13-15)18(2)9-6-12-19-10-3-4-11-19/h5,7-8,13-14H,3-4,6,9-12,17H2,1-2H3. The summed E-state index contributed by atoms with van der Waals surface area (Å²) < 4.78 is 0. The van der Waals surface area contributed by atoms with Crippen LogP contribution in [0.3, 0.4) is 0 Å². The third-order valence-corrected chi connectivity index (χ3v) is 4.24. The third-order valence-electron chi connectivity index (χ3n) is 4.24. The quantitative estimate of drug-likeness (QED) is 0.799. The predicted octanol–water partition coefficient (Wildman–Crippen LogP) is 2.75. The van der Waals surface area contributed by atoms with E-state index < -0.39 is 0 Å². The molecule has 1 atom stereocenters. The maximum Gasteiger partial charge on any atom is 0.0317 e. The molecule has 1 aliphatic rings. The molecule has 3 nitrogen and oxygen atoms in total. The summed E-state index contributed by atoms with van der Waals surface area (Å²) in [6.45, 7) is 7.24. The Morgan fingerprint density at radius 3 is 2.74 bits per heavy atom. The molecule has 3 heteroatoms. The minimum atomic E-state index is 0.432. The topological polar surface area (TPSA) is 32.5 Å². The van der Waals surface area contributed by atoms with Gasteiger partial charge in [0.15, 0.2) is 0 Å². The molecule has 0 radical (unpaired) electrons. The van der Waals surface area contributed by atoms with Gasteiger partial charge in [-0.15, -0.1) is 0 Å². The summed E-state index contributed by atoms with van der Waals surface area (Å²) in [5, 5.41) is 0. The largest absolute Gasteiger partial charge is 0.399 e. The third kappa shape index (κ3) is 4.22. The van der Waals surface area contributed by atoms with Crippen LogP contribution in [0.4, 0.5) is 5.69 Å². The molecule has 1 saturated heterocycles. The van der Waals surface area contributed by atoms with E-state index in [1.807, 2.05) is 12.1 Å². The van der Waals surface area contributed by atoms with E-state index in [1.165, 1.54) is 44.5 Å². The zero-order valence-corrected chi connectivity index (χ0v) is 12.3. The second-order valence-corrected chi connectivity index (χ2v) is 5.73. The Labute approximate surface area is 117 Å². The summed E-state index contributed by atoms with van der Waals surface area (Å²) >= 11 is 0. The SMILES string of the molecule is CC(c1cccc(N)c1)N(C)CCCN1CCCC1. The van der Waals surface area contributed by atoms with Crippen molar-refractivity contribution in [1.82, 2.24) is 9.80 Å². The summed E-state index contributed by atoms with van der Waals surface area (Å²) in [6, 6.07) is 8.67. The van der Waals surface area contributed by atoms with Crippen LogP contribution in [-0.2, 0) is 0 Å². The second-order valence-electron chi connectivity index (χ2n) is 5.73. The van der Waals surface area contributed by atoms with E-state index in [0.717, 1.165) is 12.2 Å². The van der Waals surface area contributed by atoms with E-state index >= 15 is 0 Å². The van der Waals surface area contributed by atoms with Crippen molar-refractivity contribution < 1.29 is 0 Å². The molecule has 2 rings (SSSR count). The highest BCUT2D eigenvalue weighted by Gasteiger charge is 2.14. The summed E-state index contributed by atoms with van der Waals surface area (Å²) in [4.78, 5) is 5.00. The van der Waals surface area contributed by atoms with E-state index in [1.54, 1.807) is 0 Å². The van der Waals surface area contributed by atoms with Crippen molar-refractivity contribution in [2.75, 3.05) is 39.0 Å². The maximum absolute atomic E-state index is 5.85. The molecule has 0 bridgehead atoms. The summed E-state index contributed by atoms with van der Waals surface area (Å²) in [5.74, 6) is 0. The fraction of sp³-hybridized carbons (Fsp3) is 0.625. The highest BCUT2D eigenvalue weighted by Crippen LogP contribution is 2.20. The molecule has 106 valence electrons.